The first-order valence-corrected chi connectivity index (χ1v) is 6.39. The molecule has 6 heteroatoms. The molecule has 1 aromatic carbocycles. The number of hydrogen-bond donors (Lipinski definition) is 2. The number of rotatable bonds is 4. The Labute approximate surface area is 96.3 Å². The molecular formula is C10H17N3O2S. The molecule has 0 unspecified atom stereocenters. The van der Waals surface area contributed by atoms with Crippen LogP contribution in [0.2, 0.25) is 0 Å². The second-order valence-electron chi connectivity index (χ2n) is 3.76. The highest BCUT2D eigenvalue weighted by Gasteiger charge is 2.25. The minimum absolute atomic E-state index is 0.101. The lowest BCUT2D eigenvalue weighted by Gasteiger charge is -2.22. The van der Waals surface area contributed by atoms with Gasteiger partial charge in [-0.05, 0) is 26.0 Å². The third-order valence-corrected chi connectivity index (χ3v) is 4.52. The van der Waals surface area contributed by atoms with Gasteiger partial charge in [0.15, 0.2) is 0 Å². The van der Waals surface area contributed by atoms with Crippen molar-refractivity contribution in [3.8, 4) is 0 Å². The molecule has 0 amide bonds. The largest absolute Gasteiger partial charge is 0.323 e. The molecule has 0 heterocycles. The van der Waals surface area contributed by atoms with Crippen molar-refractivity contribution in [1.29, 1.82) is 0 Å². The van der Waals surface area contributed by atoms with Gasteiger partial charge in [-0.15, -0.1) is 0 Å². The first-order chi connectivity index (χ1) is 7.41. The summed E-state index contributed by atoms with van der Waals surface area (Å²) in [6, 6.07) is 6.45. The van der Waals surface area contributed by atoms with Crippen LogP contribution in [0.1, 0.15) is 13.8 Å². The van der Waals surface area contributed by atoms with Crippen LogP contribution in [-0.2, 0) is 10.0 Å². The molecule has 0 saturated heterocycles. The van der Waals surface area contributed by atoms with Crippen molar-refractivity contribution in [3.05, 3.63) is 24.3 Å². The molecule has 90 valence electrons. The Balaban J connectivity index is 3.27. The summed E-state index contributed by atoms with van der Waals surface area (Å²) in [7, 11) is -1.94. The number of anilines is 1. The Morgan fingerprint density at radius 3 is 2.38 bits per heavy atom. The van der Waals surface area contributed by atoms with E-state index in [0.717, 1.165) is 0 Å². The summed E-state index contributed by atoms with van der Waals surface area (Å²) in [6.07, 6.45) is 0. The zero-order valence-corrected chi connectivity index (χ0v) is 10.5. The van der Waals surface area contributed by atoms with Gasteiger partial charge in [0.2, 0.25) is 10.0 Å². The Kier molecular flexibility index (Phi) is 3.90. The summed E-state index contributed by atoms with van der Waals surface area (Å²) in [5, 5.41) is 0. The highest BCUT2D eigenvalue weighted by molar-refractivity contribution is 7.89. The van der Waals surface area contributed by atoms with Gasteiger partial charge < -0.3 is 5.43 Å². The van der Waals surface area contributed by atoms with Crippen molar-refractivity contribution in [2.75, 3.05) is 12.5 Å². The molecule has 0 radical (unpaired) electrons. The average molecular weight is 243 g/mol. The summed E-state index contributed by atoms with van der Waals surface area (Å²) in [5.41, 5.74) is 2.79. The van der Waals surface area contributed by atoms with Crippen LogP contribution < -0.4 is 11.3 Å². The smallest absolute Gasteiger partial charge is 0.245 e. The summed E-state index contributed by atoms with van der Waals surface area (Å²) in [5.74, 6) is 5.29. The molecule has 0 aliphatic heterocycles. The number of hydrogen-bond acceptors (Lipinski definition) is 4. The van der Waals surface area contributed by atoms with E-state index in [1.54, 1.807) is 25.2 Å². The predicted molar refractivity (Wildman–Crippen MR) is 64.3 cm³/mol. The van der Waals surface area contributed by atoms with E-state index in [2.05, 4.69) is 5.43 Å². The number of nitrogens with zero attached hydrogens (tertiary/aromatic N) is 1. The third kappa shape index (κ3) is 2.34. The van der Waals surface area contributed by atoms with Gasteiger partial charge in [0.05, 0.1) is 5.69 Å². The van der Waals surface area contributed by atoms with E-state index in [-0.39, 0.29) is 10.9 Å². The molecule has 0 aliphatic carbocycles. The maximum atomic E-state index is 12.2. The second-order valence-corrected chi connectivity index (χ2v) is 5.72. The lowest BCUT2D eigenvalue weighted by Crippen LogP contribution is -2.33. The number of hydrazine groups is 1. The van der Waals surface area contributed by atoms with Crippen LogP contribution in [0.5, 0.6) is 0 Å². The van der Waals surface area contributed by atoms with Gasteiger partial charge in [0, 0.05) is 13.1 Å². The third-order valence-electron chi connectivity index (χ3n) is 2.43. The molecule has 16 heavy (non-hydrogen) atoms. The predicted octanol–water partition coefficient (Wildman–Crippen LogP) is 1.00. The Hall–Kier alpha value is -1.11. The zero-order chi connectivity index (χ0) is 12.3. The fourth-order valence-electron chi connectivity index (χ4n) is 1.24. The molecule has 0 spiro atoms. The molecule has 0 aromatic heterocycles. The van der Waals surface area contributed by atoms with Gasteiger partial charge >= 0.3 is 0 Å². The number of para-hydroxylation sites is 1. The lowest BCUT2D eigenvalue weighted by atomic mass is 10.3. The average Bonchev–Trinajstić information content (AvgIpc) is 2.27. The van der Waals surface area contributed by atoms with Crippen molar-refractivity contribution in [1.82, 2.24) is 4.31 Å². The van der Waals surface area contributed by atoms with Crippen molar-refractivity contribution in [2.45, 2.75) is 24.8 Å². The van der Waals surface area contributed by atoms with Gasteiger partial charge in [-0.3, -0.25) is 5.84 Å². The van der Waals surface area contributed by atoms with Crippen LogP contribution in [-0.4, -0.2) is 25.8 Å². The van der Waals surface area contributed by atoms with E-state index in [1.165, 1.54) is 10.4 Å². The van der Waals surface area contributed by atoms with Crippen LogP contribution in [0.3, 0.4) is 0 Å². The van der Waals surface area contributed by atoms with E-state index >= 15 is 0 Å². The summed E-state index contributed by atoms with van der Waals surface area (Å²) in [4.78, 5) is 0.189. The maximum absolute atomic E-state index is 12.2. The molecule has 0 aliphatic rings. The minimum Gasteiger partial charge on any atom is -0.323 e. The normalized spacial score (nSPS) is 12.1. The van der Waals surface area contributed by atoms with Crippen LogP contribution in [0.4, 0.5) is 5.69 Å². The monoisotopic (exact) mass is 243 g/mol. The fourth-order valence-corrected chi connectivity index (χ4v) is 2.76. The molecular weight excluding hydrogens is 226 g/mol. The standard InChI is InChI=1S/C10H17N3O2S/c1-8(2)13(3)16(14,15)10-7-5-4-6-9(10)12-11/h4-8,12H,11H2,1-3H3. The highest BCUT2D eigenvalue weighted by Crippen LogP contribution is 2.23. The van der Waals surface area contributed by atoms with Crippen molar-refractivity contribution in [2.24, 2.45) is 5.84 Å². The molecule has 3 N–H and O–H groups in total. The summed E-state index contributed by atoms with van der Waals surface area (Å²) < 4.78 is 25.7. The van der Waals surface area contributed by atoms with Gasteiger partial charge in [-0.2, -0.15) is 4.31 Å². The zero-order valence-electron chi connectivity index (χ0n) is 9.64. The summed E-state index contributed by atoms with van der Waals surface area (Å²) in [6.45, 7) is 3.63. The first kappa shape index (κ1) is 13.0. The Morgan fingerprint density at radius 2 is 1.88 bits per heavy atom. The number of benzene rings is 1. The quantitative estimate of drug-likeness (QED) is 0.611. The Bertz CT molecular complexity index is 457. The van der Waals surface area contributed by atoms with Gasteiger partial charge in [-0.1, -0.05) is 12.1 Å². The molecule has 1 rings (SSSR count). The van der Waals surface area contributed by atoms with Crippen LogP contribution in [0, 0.1) is 0 Å². The van der Waals surface area contributed by atoms with E-state index < -0.39 is 10.0 Å². The van der Waals surface area contributed by atoms with Crippen molar-refractivity contribution < 1.29 is 8.42 Å². The minimum atomic E-state index is -3.49. The van der Waals surface area contributed by atoms with E-state index in [4.69, 9.17) is 5.84 Å². The van der Waals surface area contributed by atoms with E-state index in [1.807, 2.05) is 13.8 Å². The first-order valence-electron chi connectivity index (χ1n) is 4.95. The summed E-state index contributed by atoms with van der Waals surface area (Å²) >= 11 is 0. The number of nitrogens with one attached hydrogen (secondary N) is 1. The van der Waals surface area contributed by atoms with Crippen LogP contribution >= 0.6 is 0 Å². The lowest BCUT2D eigenvalue weighted by molar-refractivity contribution is 0.411. The molecule has 1 aromatic rings. The molecule has 0 saturated carbocycles. The highest BCUT2D eigenvalue weighted by atomic mass is 32.2. The molecule has 0 atom stereocenters. The van der Waals surface area contributed by atoms with Crippen molar-refractivity contribution >= 4 is 15.7 Å². The number of sulfonamides is 1. The molecule has 0 fully saturated rings. The fraction of sp³-hybridized carbons (Fsp3) is 0.400. The number of nitrogens with two attached hydrogens (primary N) is 1. The van der Waals surface area contributed by atoms with Gasteiger partial charge in [0.1, 0.15) is 4.90 Å². The maximum Gasteiger partial charge on any atom is 0.245 e. The van der Waals surface area contributed by atoms with E-state index in [9.17, 15) is 8.42 Å². The molecule has 5 nitrogen and oxygen atoms in total. The SMILES string of the molecule is CC(C)N(C)S(=O)(=O)c1ccccc1NN. The van der Waals surface area contributed by atoms with Gasteiger partial charge in [-0.25, -0.2) is 8.42 Å². The number of nitrogen functional groups attached to an aromatic ring is 1. The topological polar surface area (TPSA) is 75.4 Å². The molecule has 0 bridgehead atoms. The van der Waals surface area contributed by atoms with Crippen molar-refractivity contribution in [3.63, 3.8) is 0 Å². The second kappa shape index (κ2) is 4.82. The van der Waals surface area contributed by atoms with Crippen LogP contribution in [0.25, 0.3) is 0 Å². The Morgan fingerprint density at radius 1 is 1.31 bits per heavy atom. The van der Waals surface area contributed by atoms with E-state index in [0.29, 0.717) is 5.69 Å². The van der Waals surface area contributed by atoms with Gasteiger partial charge in [0.25, 0.3) is 0 Å². The van der Waals surface area contributed by atoms with Crippen LogP contribution in [0.15, 0.2) is 29.2 Å².